The van der Waals surface area contributed by atoms with E-state index in [0.717, 1.165) is 41.6 Å². The Bertz CT molecular complexity index is 873. The molecule has 0 bridgehead atoms. The van der Waals surface area contributed by atoms with Gasteiger partial charge in [-0.15, -0.1) is 0 Å². The summed E-state index contributed by atoms with van der Waals surface area (Å²) >= 11 is 0. The molecule has 2 aromatic rings. The Morgan fingerprint density at radius 2 is 1.96 bits per heavy atom. The predicted molar refractivity (Wildman–Crippen MR) is 96.0 cm³/mol. The topological polar surface area (TPSA) is 57.6 Å². The van der Waals surface area contributed by atoms with Crippen LogP contribution in [-0.2, 0) is 17.6 Å². The van der Waals surface area contributed by atoms with Gasteiger partial charge in [0.1, 0.15) is 0 Å². The lowest BCUT2D eigenvalue weighted by Crippen LogP contribution is -2.39. The minimum atomic E-state index is -0.908. The molecule has 0 radical (unpaired) electrons. The summed E-state index contributed by atoms with van der Waals surface area (Å²) in [5.74, 6) is -0.765. The van der Waals surface area contributed by atoms with Crippen LogP contribution in [0.5, 0.6) is 0 Å². The molecule has 4 rings (SSSR count). The Labute approximate surface area is 147 Å². The van der Waals surface area contributed by atoms with E-state index in [2.05, 4.69) is 0 Å². The van der Waals surface area contributed by atoms with Crippen molar-refractivity contribution >= 4 is 17.6 Å². The monoisotopic (exact) mass is 335 g/mol. The molecule has 1 heterocycles. The molecule has 1 unspecified atom stereocenters. The van der Waals surface area contributed by atoms with E-state index in [9.17, 15) is 14.7 Å². The van der Waals surface area contributed by atoms with Crippen molar-refractivity contribution in [2.24, 2.45) is 5.41 Å². The number of carbonyl (C=O) groups excluding carboxylic acids is 1. The van der Waals surface area contributed by atoms with Crippen LogP contribution in [0.4, 0.5) is 5.69 Å². The van der Waals surface area contributed by atoms with Gasteiger partial charge in [0.25, 0.3) is 0 Å². The van der Waals surface area contributed by atoms with Gasteiger partial charge in [-0.2, -0.15) is 0 Å². The number of fused-ring (bicyclic) bond motifs is 1. The van der Waals surface area contributed by atoms with E-state index in [0.29, 0.717) is 18.5 Å². The third-order valence-corrected chi connectivity index (χ3v) is 5.72. The van der Waals surface area contributed by atoms with Crippen LogP contribution in [0, 0.1) is 12.3 Å². The molecule has 2 aliphatic rings. The van der Waals surface area contributed by atoms with Crippen LogP contribution in [0.1, 0.15) is 39.9 Å². The molecule has 1 N–H and O–H groups in total. The minimum Gasteiger partial charge on any atom is -0.478 e. The van der Waals surface area contributed by atoms with E-state index in [1.165, 1.54) is 0 Å². The van der Waals surface area contributed by atoms with Gasteiger partial charge in [0.2, 0.25) is 5.91 Å². The molecule has 1 fully saturated rings. The van der Waals surface area contributed by atoms with E-state index in [4.69, 9.17) is 0 Å². The SMILES string of the molecule is Cc1cccc(N2CCC3(CCc4cccc(C(=O)O)c4C3)C2=O)c1. The molecule has 128 valence electrons. The van der Waals surface area contributed by atoms with E-state index < -0.39 is 11.4 Å². The number of hydrogen-bond acceptors (Lipinski definition) is 2. The second-order valence-electron chi connectivity index (χ2n) is 7.25. The van der Waals surface area contributed by atoms with Gasteiger partial charge in [0, 0.05) is 12.2 Å². The van der Waals surface area contributed by atoms with E-state index in [1.807, 2.05) is 42.2 Å². The van der Waals surface area contributed by atoms with Crippen molar-refractivity contribution in [3.63, 3.8) is 0 Å². The summed E-state index contributed by atoms with van der Waals surface area (Å²) in [6.07, 6.45) is 2.88. The summed E-state index contributed by atoms with van der Waals surface area (Å²) in [6.45, 7) is 2.72. The molecule has 2 aromatic carbocycles. The molecular weight excluding hydrogens is 314 g/mol. The van der Waals surface area contributed by atoms with Crippen molar-refractivity contribution in [2.75, 3.05) is 11.4 Å². The lowest BCUT2D eigenvalue weighted by atomic mass is 9.69. The molecule has 1 aliphatic carbocycles. The highest BCUT2D eigenvalue weighted by atomic mass is 16.4. The van der Waals surface area contributed by atoms with Crippen molar-refractivity contribution in [1.29, 1.82) is 0 Å². The highest BCUT2D eigenvalue weighted by Crippen LogP contribution is 2.45. The fourth-order valence-electron chi connectivity index (χ4n) is 4.34. The van der Waals surface area contributed by atoms with Gasteiger partial charge in [0.15, 0.2) is 0 Å². The first-order valence-corrected chi connectivity index (χ1v) is 8.73. The zero-order valence-corrected chi connectivity index (χ0v) is 14.3. The van der Waals surface area contributed by atoms with E-state index >= 15 is 0 Å². The third kappa shape index (κ3) is 2.53. The number of amides is 1. The summed E-state index contributed by atoms with van der Waals surface area (Å²) < 4.78 is 0. The van der Waals surface area contributed by atoms with Gasteiger partial charge in [-0.05, 0) is 67.5 Å². The summed E-state index contributed by atoms with van der Waals surface area (Å²) in [4.78, 5) is 26.7. The third-order valence-electron chi connectivity index (χ3n) is 5.72. The number of carbonyl (C=O) groups is 2. The second kappa shape index (κ2) is 5.73. The average Bonchev–Trinajstić information content (AvgIpc) is 2.90. The number of aromatic carboxylic acids is 1. The first kappa shape index (κ1) is 15.9. The van der Waals surface area contributed by atoms with Crippen LogP contribution in [0.15, 0.2) is 42.5 Å². The maximum atomic E-state index is 13.3. The summed E-state index contributed by atoms with van der Waals surface area (Å²) in [5, 5.41) is 9.50. The zero-order chi connectivity index (χ0) is 17.6. The predicted octanol–water partition coefficient (Wildman–Crippen LogP) is 3.61. The van der Waals surface area contributed by atoms with Crippen molar-refractivity contribution < 1.29 is 14.7 Å². The summed E-state index contributed by atoms with van der Waals surface area (Å²) in [6, 6.07) is 13.5. The Balaban J connectivity index is 1.69. The number of aryl methyl sites for hydroxylation is 2. The largest absolute Gasteiger partial charge is 0.478 e. The van der Waals surface area contributed by atoms with Crippen molar-refractivity contribution in [2.45, 2.75) is 32.6 Å². The Kier molecular flexibility index (Phi) is 3.64. The number of benzene rings is 2. The molecule has 1 amide bonds. The highest BCUT2D eigenvalue weighted by Gasteiger charge is 2.49. The van der Waals surface area contributed by atoms with Gasteiger partial charge in [-0.1, -0.05) is 24.3 Å². The van der Waals surface area contributed by atoms with Crippen LogP contribution in [-0.4, -0.2) is 23.5 Å². The first-order valence-electron chi connectivity index (χ1n) is 8.73. The van der Waals surface area contributed by atoms with Crippen molar-refractivity contribution in [1.82, 2.24) is 0 Å². The molecule has 0 saturated carbocycles. The van der Waals surface area contributed by atoms with Gasteiger partial charge < -0.3 is 10.0 Å². The molecule has 1 saturated heterocycles. The Hall–Kier alpha value is -2.62. The van der Waals surface area contributed by atoms with Crippen molar-refractivity contribution in [3.8, 4) is 0 Å². The Morgan fingerprint density at radius 3 is 2.72 bits per heavy atom. The standard InChI is InChI=1S/C21H21NO3/c1-14-4-2-6-16(12-14)22-11-10-21(20(22)25)9-8-15-5-3-7-17(19(23)24)18(15)13-21/h2-7,12H,8-11,13H2,1H3,(H,23,24). The number of carboxylic acids is 1. The molecule has 25 heavy (non-hydrogen) atoms. The fraction of sp³-hybridized carbons (Fsp3) is 0.333. The fourth-order valence-corrected chi connectivity index (χ4v) is 4.34. The Morgan fingerprint density at radius 1 is 1.16 bits per heavy atom. The smallest absolute Gasteiger partial charge is 0.335 e. The van der Waals surface area contributed by atoms with Crippen molar-refractivity contribution in [3.05, 3.63) is 64.7 Å². The molecule has 1 aliphatic heterocycles. The average molecular weight is 335 g/mol. The van der Waals surface area contributed by atoms with Crippen LogP contribution in [0.25, 0.3) is 0 Å². The number of hydrogen-bond donors (Lipinski definition) is 1. The van der Waals surface area contributed by atoms with E-state index in [-0.39, 0.29) is 5.91 Å². The number of rotatable bonds is 2. The van der Waals surface area contributed by atoms with Crippen LogP contribution in [0.3, 0.4) is 0 Å². The molecule has 4 nitrogen and oxygen atoms in total. The highest BCUT2D eigenvalue weighted by molar-refractivity contribution is 6.00. The number of nitrogens with zero attached hydrogens (tertiary/aromatic N) is 1. The normalized spacial score (nSPS) is 22.3. The second-order valence-corrected chi connectivity index (χ2v) is 7.25. The molecule has 1 atom stereocenters. The van der Waals surface area contributed by atoms with Gasteiger partial charge in [0.05, 0.1) is 11.0 Å². The van der Waals surface area contributed by atoms with Gasteiger partial charge in [-0.3, -0.25) is 4.79 Å². The first-order chi connectivity index (χ1) is 12.0. The number of anilines is 1. The lowest BCUT2D eigenvalue weighted by Gasteiger charge is -2.34. The van der Waals surface area contributed by atoms with Crippen LogP contribution in [0.2, 0.25) is 0 Å². The quantitative estimate of drug-likeness (QED) is 0.912. The van der Waals surface area contributed by atoms with E-state index in [1.54, 1.807) is 12.1 Å². The van der Waals surface area contributed by atoms with Gasteiger partial charge >= 0.3 is 5.97 Å². The summed E-state index contributed by atoms with van der Waals surface area (Å²) in [7, 11) is 0. The number of carboxylic acid groups (broad SMARTS) is 1. The molecule has 1 spiro atoms. The summed E-state index contributed by atoms with van der Waals surface area (Å²) in [5.41, 5.74) is 3.89. The van der Waals surface area contributed by atoms with Crippen LogP contribution >= 0.6 is 0 Å². The lowest BCUT2D eigenvalue weighted by molar-refractivity contribution is -0.126. The minimum absolute atomic E-state index is 0.143. The van der Waals surface area contributed by atoms with Gasteiger partial charge in [-0.25, -0.2) is 4.79 Å². The maximum Gasteiger partial charge on any atom is 0.335 e. The molecular formula is C21H21NO3. The zero-order valence-electron chi connectivity index (χ0n) is 14.3. The van der Waals surface area contributed by atoms with Crippen LogP contribution < -0.4 is 4.90 Å². The molecule has 0 aromatic heterocycles. The molecule has 4 heteroatoms. The maximum absolute atomic E-state index is 13.3.